The fourth-order valence-corrected chi connectivity index (χ4v) is 13.3. The number of allylic oxidation sites excluding steroid dienone is 4. The SMILES string of the molecule is CCCCCC/C=C\C=C/CCCCCCCC(=O)O[C@H](COC(=O)CCCCCCCCC)COP(=O)(O)OC[C@H](O)COP(=O)(O)OC[C@@H](COC(=O)CCCCCCCCCCCCCCCCCC)OC(=O)CCCCCCCCCCCCCCCCCCCCCC. The molecule has 2 unspecified atom stereocenters. The molecule has 578 valence electrons. The Morgan fingerprint density at radius 1 is 0.286 bits per heavy atom. The highest BCUT2D eigenvalue weighted by Gasteiger charge is 2.30. The Hall–Kier alpha value is -2.46. The van der Waals surface area contributed by atoms with Gasteiger partial charge in [0.2, 0.25) is 0 Å². The maximum atomic E-state index is 13.1. The molecule has 0 aromatic heterocycles. The van der Waals surface area contributed by atoms with Gasteiger partial charge in [0.15, 0.2) is 12.2 Å². The van der Waals surface area contributed by atoms with Crippen LogP contribution in [0.2, 0.25) is 0 Å². The lowest BCUT2D eigenvalue weighted by Crippen LogP contribution is -2.30. The molecule has 3 N–H and O–H groups in total. The molecule has 0 aromatic carbocycles. The Morgan fingerprint density at radius 2 is 0.490 bits per heavy atom. The molecule has 17 nitrogen and oxygen atoms in total. The van der Waals surface area contributed by atoms with Gasteiger partial charge in [-0.3, -0.25) is 37.3 Å². The first kappa shape index (κ1) is 95.5. The average molecular weight is 1430 g/mol. The van der Waals surface area contributed by atoms with Crippen molar-refractivity contribution < 1.29 is 80.2 Å². The van der Waals surface area contributed by atoms with E-state index < -0.39 is 97.5 Å². The van der Waals surface area contributed by atoms with Crippen LogP contribution in [0.3, 0.4) is 0 Å². The van der Waals surface area contributed by atoms with Gasteiger partial charge in [0.25, 0.3) is 0 Å². The quantitative estimate of drug-likeness (QED) is 0.0169. The van der Waals surface area contributed by atoms with Gasteiger partial charge in [-0.25, -0.2) is 9.13 Å². The number of ether oxygens (including phenoxy) is 4. The van der Waals surface area contributed by atoms with Crippen LogP contribution in [0, 0.1) is 0 Å². The molecule has 0 amide bonds. The van der Waals surface area contributed by atoms with Crippen LogP contribution in [-0.2, 0) is 65.4 Å². The van der Waals surface area contributed by atoms with Crippen LogP contribution in [0.1, 0.15) is 400 Å². The van der Waals surface area contributed by atoms with E-state index in [1.165, 1.54) is 205 Å². The molecule has 0 aliphatic rings. The average Bonchev–Trinajstić information content (AvgIpc) is 0.958. The minimum absolute atomic E-state index is 0.0852. The van der Waals surface area contributed by atoms with Gasteiger partial charge < -0.3 is 33.8 Å². The van der Waals surface area contributed by atoms with Gasteiger partial charge in [-0.2, -0.15) is 0 Å². The van der Waals surface area contributed by atoms with Crippen LogP contribution in [0.25, 0.3) is 0 Å². The van der Waals surface area contributed by atoms with Crippen molar-refractivity contribution in [1.29, 1.82) is 0 Å². The molecule has 0 saturated heterocycles. The maximum absolute atomic E-state index is 13.1. The minimum Gasteiger partial charge on any atom is -0.462 e. The number of carbonyl (C=O) groups excluding carboxylic acids is 4. The predicted octanol–water partition coefficient (Wildman–Crippen LogP) is 23.3. The standard InChI is InChI=1S/C79H150O17P2/c1-5-9-13-17-21-24-27-30-33-35-36-37-38-41-44-47-50-54-58-62-66-79(84)96-75(70-90-77(82)64-60-56-52-48-45-42-40-34-31-28-25-22-18-14-10-6-2)72-94-98(87,88)92-68-73(80)67-91-97(85,86)93-71-74(69-89-76(81)63-59-55-51-20-16-12-8-4)95-78(83)65-61-57-53-49-46-43-39-32-29-26-23-19-15-11-7-3/h26,29,32,39,73-75,80H,5-25,27-28,30-31,33-38,40-72H2,1-4H3,(H,85,86)(H,87,88)/b29-26-,39-32-/t73-,74+,75+/m0/s1. The summed E-state index contributed by atoms with van der Waals surface area (Å²) in [4.78, 5) is 72.8. The van der Waals surface area contributed by atoms with Crippen LogP contribution in [-0.4, -0.2) is 96.7 Å². The van der Waals surface area contributed by atoms with E-state index in [2.05, 4.69) is 52.0 Å². The zero-order chi connectivity index (χ0) is 71.8. The molecule has 0 rings (SSSR count). The minimum atomic E-state index is -4.96. The third-order valence-electron chi connectivity index (χ3n) is 18.0. The van der Waals surface area contributed by atoms with Gasteiger partial charge in [-0.05, 0) is 51.4 Å². The summed E-state index contributed by atoms with van der Waals surface area (Å²) in [5.74, 6) is -2.14. The van der Waals surface area contributed by atoms with Crippen molar-refractivity contribution in [3.8, 4) is 0 Å². The van der Waals surface area contributed by atoms with Crippen molar-refractivity contribution in [2.45, 2.75) is 418 Å². The van der Waals surface area contributed by atoms with Crippen molar-refractivity contribution in [3.63, 3.8) is 0 Å². The van der Waals surface area contributed by atoms with Crippen LogP contribution in [0.5, 0.6) is 0 Å². The van der Waals surface area contributed by atoms with E-state index >= 15 is 0 Å². The monoisotopic (exact) mass is 1430 g/mol. The Morgan fingerprint density at radius 3 is 0.745 bits per heavy atom. The number of phosphoric ester groups is 2. The highest BCUT2D eigenvalue weighted by molar-refractivity contribution is 7.47. The third kappa shape index (κ3) is 71.9. The Labute approximate surface area is 599 Å². The van der Waals surface area contributed by atoms with Crippen molar-refractivity contribution in [3.05, 3.63) is 24.3 Å². The summed E-state index contributed by atoms with van der Waals surface area (Å²) in [5.41, 5.74) is 0. The Balaban J connectivity index is 5.20. The van der Waals surface area contributed by atoms with E-state index in [9.17, 15) is 43.2 Å². The molecule has 0 saturated carbocycles. The highest BCUT2D eigenvalue weighted by atomic mass is 31.2. The number of aliphatic hydroxyl groups is 1. The second-order valence-corrected chi connectivity index (χ2v) is 30.7. The summed E-state index contributed by atoms with van der Waals surface area (Å²) in [5, 5.41) is 10.6. The normalized spacial score (nSPS) is 14.0. The molecule has 0 bridgehead atoms. The summed E-state index contributed by atoms with van der Waals surface area (Å²) in [6, 6.07) is 0. The molecule has 0 radical (unpaired) electrons. The molecule has 0 spiro atoms. The molecule has 0 heterocycles. The fourth-order valence-electron chi connectivity index (χ4n) is 11.7. The van der Waals surface area contributed by atoms with Gasteiger partial charge in [-0.1, -0.05) is 347 Å². The van der Waals surface area contributed by atoms with E-state index in [0.717, 1.165) is 116 Å². The lowest BCUT2D eigenvalue weighted by atomic mass is 10.0. The number of carbonyl (C=O) groups is 4. The lowest BCUT2D eigenvalue weighted by molar-refractivity contribution is -0.161. The van der Waals surface area contributed by atoms with E-state index in [0.29, 0.717) is 25.7 Å². The lowest BCUT2D eigenvalue weighted by Gasteiger charge is -2.21. The van der Waals surface area contributed by atoms with Crippen molar-refractivity contribution in [2.24, 2.45) is 0 Å². The first-order chi connectivity index (χ1) is 47.7. The van der Waals surface area contributed by atoms with E-state index in [4.69, 9.17) is 37.0 Å². The number of esters is 4. The molecule has 5 atom stereocenters. The number of aliphatic hydroxyl groups excluding tert-OH is 1. The molecular weight excluding hydrogens is 1280 g/mol. The summed E-state index contributed by atoms with van der Waals surface area (Å²) in [7, 11) is -9.92. The predicted molar refractivity (Wildman–Crippen MR) is 400 cm³/mol. The van der Waals surface area contributed by atoms with E-state index in [1.54, 1.807) is 0 Å². The number of rotatable bonds is 78. The topological polar surface area (TPSA) is 237 Å². The first-order valence-corrected chi connectivity index (χ1v) is 43.6. The number of hydrogen-bond donors (Lipinski definition) is 3. The van der Waals surface area contributed by atoms with Crippen molar-refractivity contribution in [2.75, 3.05) is 39.6 Å². The summed E-state index contributed by atoms with van der Waals surface area (Å²) >= 11 is 0. The van der Waals surface area contributed by atoms with Crippen LogP contribution >= 0.6 is 15.6 Å². The second-order valence-electron chi connectivity index (χ2n) is 27.8. The van der Waals surface area contributed by atoms with Crippen LogP contribution in [0.15, 0.2) is 24.3 Å². The zero-order valence-electron chi connectivity index (χ0n) is 63.2. The van der Waals surface area contributed by atoms with E-state index in [1.807, 2.05) is 0 Å². The molecule has 98 heavy (non-hydrogen) atoms. The van der Waals surface area contributed by atoms with Gasteiger partial charge in [-0.15, -0.1) is 0 Å². The van der Waals surface area contributed by atoms with Crippen LogP contribution < -0.4 is 0 Å². The van der Waals surface area contributed by atoms with Gasteiger partial charge >= 0.3 is 39.5 Å². The van der Waals surface area contributed by atoms with E-state index in [-0.39, 0.29) is 25.7 Å². The smallest absolute Gasteiger partial charge is 0.462 e. The summed E-state index contributed by atoms with van der Waals surface area (Å²) < 4.78 is 68.5. The van der Waals surface area contributed by atoms with Gasteiger partial charge in [0.05, 0.1) is 26.4 Å². The molecular formula is C79H150O17P2. The molecule has 0 aliphatic heterocycles. The third-order valence-corrected chi connectivity index (χ3v) is 19.9. The second kappa shape index (κ2) is 72.9. The number of hydrogen-bond acceptors (Lipinski definition) is 15. The number of unbranched alkanes of at least 4 members (excludes halogenated alkanes) is 49. The largest absolute Gasteiger partial charge is 0.472 e. The zero-order valence-corrected chi connectivity index (χ0v) is 65.0. The van der Waals surface area contributed by atoms with Gasteiger partial charge in [0.1, 0.15) is 19.3 Å². The van der Waals surface area contributed by atoms with Crippen molar-refractivity contribution >= 4 is 39.5 Å². The molecule has 19 heteroatoms. The summed E-state index contributed by atoms with van der Waals surface area (Å²) in [6.07, 6.45) is 67.6. The molecule has 0 aromatic rings. The Bertz CT molecular complexity index is 1950. The van der Waals surface area contributed by atoms with Crippen LogP contribution in [0.4, 0.5) is 0 Å². The highest BCUT2D eigenvalue weighted by Crippen LogP contribution is 2.45. The summed E-state index contributed by atoms with van der Waals surface area (Å²) in [6.45, 7) is 4.90. The fraction of sp³-hybridized carbons (Fsp3) is 0.899. The molecule has 0 fully saturated rings. The molecule has 0 aliphatic carbocycles. The Kier molecular flexibility index (Phi) is 71.0. The number of phosphoric acid groups is 2. The first-order valence-electron chi connectivity index (χ1n) is 40.6. The van der Waals surface area contributed by atoms with Gasteiger partial charge in [0, 0.05) is 25.7 Å². The van der Waals surface area contributed by atoms with Crippen molar-refractivity contribution in [1.82, 2.24) is 0 Å². The maximum Gasteiger partial charge on any atom is 0.472 e.